The Hall–Kier alpha value is -1.41. The molecule has 1 fully saturated rings. The van der Waals surface area contributed by atoms with E-state index in [0.29, 0.717) is 18.7 Å². The Balaban J connectivity index is 2.19. The first-order valence-corrected chi connectivity index (χ1v) is 10.3. The van der Waals surface area contributed by atoms with Gasteiger partial charge in [0.25, 0.3) is 5.91 Å². The first-order valence-electron chi connectivity index (χ1n) is 8.43. The second kappa shape index (κ2) is 7.23. The molecule has 1 aliphatic rings. The molecule has 136 valence electrons. The van der Waals surface area contributed by atoms with Crippen LogP contribution in [0.15, 0.2) is 6.20 Å². The fourth-order valence-corrected chi connectivity index (χ4v) is 4.13. The van der Waals surface area contributed by atoms with Gasteiger partial charge in [0.15, 0.2) is 0 Å². The first kappa shape index (κ1) is 18.9. The summed E-state index contributed by atoms with van der Waals surface area (Å²) in [4.78, 5) is 14.6. The summed E-state index contributed by atoms with van der Waals surface area (Å²) in [5.41, 5.74) is 1.47. The summed E-state index contributed by atoms with van der Waals surface area (Å²) < 4.78 is 27.7. The van der Waals surface area contributed by atoms with Gasteiger partial charge in [0.2, 0.25) is 10.0 Å². The SMILES string of the molecule is CCCn1ncc(C(=O)N2CC(NS(C)(=O)=O)C(C(C)C)C2)c1C. The van der Waals surface area contributed by atoms with Crippen molar-refractivity contribution in [3.8, 4) is 0 Å². The molecule has 2 rings (SSSR count). The standard InChI is InChI=1S/C16H28N4O3S/c1-6-7-20-12(4)13(8-17-20)16(21)19-9-14(11(2)3)15(10-19)18-24(5,22)23/h8,11,14-15,18H,6-7,9-10H2,1-5H3. The van der Waals surface area contributed by atoms with Crippen LogP contribution in [0.1, 0.15) is 43.2 Å². The average molecular weight is 356 g/mol. The Morgan fingerprint density at radius 3 is 2.62 bits per heavy atom. The molecule has 8 heteroatoms. The maximum Gasteiger partial charge on any atom is 0.257 e. The van der Waals surface area contributed by atoms with Crippen LogP contribution in [-0.2, 0) is 16.6 Å². The number of hydrogen-bond donors (Lipinski definition) is 1. The van der Waals surface area contributed by atoms with Crippen LogP contribution >= 0.6 is 0 Å². The van der Waals surface area contributed by atoms with Crippen molar-refractivity contribution in [1.29, 1.82) is 0 Å². The van der Waals surface area contributed by atoms with Crippen LogP contribution in [0.5, 0.6) is 0 Å². The van der Waals surface area contributed by atoms with Gasteiger partial charge < -0.3 is 4.90 Å². The number of hydrogen-bond acceptors (Lipinski definition) is 4. The van der Waals surface area contributed by atoms with Gasteiger partial charge in [0, 0.05) is 31.4 Å². The normalized spacial score (nSPS) is 21.7. The highest BCUT2D eigenvalue weighted by molar-refractivity contribution is 7.88. The van der Waals surface area contributed by atoms with Crippen molar-refractivity contribution in [2.45, 2.75) is 46.7 Å². The van der Waals surface area contributed by atoms with Gasteiger partial charge in [-0.25, -0.2) is 13.1 Å². The number of rotatable bonds is 6. The molecule has 0 saturated carbocycles. The molecule has 7 nitrogen and oxygen atoms in total. The third-order valence-electron chi connectivity index (χ3n) is 4.64. The average Bonchev–Trinajstić information content (AvgIpc) is 3.02. The second-order valence-electron chi connectivity index (χ2n) is 6.98. The predicted molar refractivity (Wildman–Crippen MR) is 93.3 cm³/mol. The fraction of sp³-hybridized carbons (Fsp3) is 0.750. The van der Waals surface area contributed by atoms with Crippen LogP contribution in [-0.4, -0.2) is 54.4 Å². The molecule has 1 amide bonds. The van der Waals surface area contributed by atoms with E-state index in [1.807, 2.05) is 11.6 Å². The molecule has 2 atom stereocenters. The van der Waals surface area contributed by atoms with Gasteiger partial charge in [0.05, 0.1) is 18.0 Å². The highest BCUT2D eigenvalue weighted by Crippen LogP contribution is 2.26. The number of aromatic nitrogens is 2. The molecule has 1 N–H and O–H groups in total. The van der Waals surface area contributed by atoms with Crippen LogP contribution in [0.25, 0.3) is 0 Å². The molecule has 1 saturated heterocycles. The van der Waals surface area contributed by atoms with Crippen LogP contribution in [0.2, 0.25) is 0 Å². The summed E-state index contributed by atoms with van der Waals surface area (Å²) in [5.74, 6) is 0.318. The Morgan fingerprint density at radius 2 is 2.08 bits per heavy atom. The van der Waals surface area contributed by atoms with E-state index in [1.54, 1.807) is 11.1 Å². The van der Waals surface area contributed by atoms with E-state index in [0.717, 1.165) is 24.9 Å². The zero-order chi connectivity index (χ0) is 18.1. The van der Waals surface area contributed by atoms with Gasteiger partial charge in [-0.2, -0.15) is 5.10 Å². The summed E-state index contributed by atoms with van der Waals surface area (Å²) >= 11 is 0. The van der Waals surface area contributed by atoms with E-state index in [4.69, 9.17) is 0 Å². The minimum atomic E-state index is -3.30. The lowest BCUT2D eigenvalue weighted by Crippen LogP contribution is -2.41. The maximum absolute atomic E-state index is 12.9. The summed E-state index contributed by atoms with van der Waals surface area (Å²) in [5, 5.41) is 4.29. The molecule has 0 spiro atoms. The van der Waals surface area contributed by atoms with Crippen molar-refractivity contribution in [3.05, 3.63) is 17.5 Å². The van der Waals surface area contributed by atoms with Crippen molar-refractivity contribution >= 4 is 15.9 Å². The number of nitrogens with one attached hydrogen (secondary N) is 1. The quantitative estimate of drug-likeness (QED) is 0.831. The number of carbonyl (C=O) groups excluding carboxylic acids is 1. The second-order valence-corrected chi connectivity index (χ2v) is 8.76. The number of nitrogens with zero attached hydrogens (tertiary/aromatic N) is 3. The van der Waals surface area contributed by atoms with Gasteiger partial charge >= 0.3 is 0 Å². The molecule has 0 radical (unpaired) electrons. The predicted octanol–water partition coefficient (Wildman–Crippen LogP) is 1.25. The van der Waals surface area contributed by atoms with Crippen LogP contribution in [0, 0.1) is 18.8 Å². The maximum atomic E-state index is 12.9. The summed E-state index contributed by atoms with van der Waals surface area (Å²) in [6.45, 7) is 9.82. The molecule has 0 bridgehead atoms. The first-order chi connectivity index (χ1) is 11.1. The number of carbonyl (C=O) groups is 1. The van der Waals surface area contributed by atoms with E-state index >= 15 is 0 Å². The van der Waals surface area contributed by atoms with Gasteiger partial charge in [-0.15, -0.1) is 0 Å². The van der Waals surface area contributed by atoms with Crippen molar-refractivity contribution in [2.24, 2.45) is 11.8 Å². The summed E-state index contributed by atoms with van der Waals surface area (Å²) in [7, 11) is -3.30. The highest BCUT2D eigenvalue weighted by Gasteiger charge is 2.39. The van der Waals surface area contributed by atoms with E-state index in [-0.39, 0.29) is 23.8 Å². The molecule has 24 heavy (non-hydrogen) atoms. The van der Waals surface area contributed by atoms with Crippen molar-refractivity contribution < 1.29 is 13.2 Å². The van der Waals surface area contributed by atoms with Gasteiger partial charge in [-0.1, -0.05) is 20.8 Å². The van der Waals surface area contributed by atoms with E-state index in [9.17, 15) is 13.2 Å². The minimum absolute atomic E-state index is 0.0710. The van der Waals surface area contributed by atoms with Crippen molar-refractivity contribution in [3.63, 3.8) is 0 Å². The topological polar surface area (TPSA) is 84.3 Å². The number of sulfonamides is 1. The molecule has 2 unspecified atom stereocenters. The lowest BCUT2D eigenvalue weighted by atomic mass is 9.92. The summed E-state index contributed by atoms with van der Waals surface area (Å²) in [6.07, 6.45) is 3.73. The van der Waals surface area contributed by atoms with E-state index in [1.165, 1.54) is 0 Å². The number of amides is 1. The van der Waals surface area contributed by atoms with Gasteiger partial charge in [-0.05, 0) is 25.2 Å². The van der Waals surface area contributed by atoms with Gasteiger partial charge in [0.1, 0.15) is 0 Å². The minimum Gasteiger partial charge on any atom is -0.337 e. The molecule has 0 aromatic carbocycles. The molecule has 1 aromatic rings. The lowest BCUT2D eigenvalue weighted by molar-refractivity contribution is 0.0782. The summed E-state index contributed by atoms with van der Waals surface area (Å²) in [6, 6.07) is -0.241. The highest BCUT2D eigenvalue weighted by atomic mass is 32.2. The number of aryl methyl sites for hydroxylation is 1. The molecule has 2 heterocycles. The Morgan fingerprint density at radius 1 is 1.42 bits per heavy atom. The molecule has 0 aliphatic carbocycles. The Labute approximate surface area is 144 Å². The third kappa shape index (κ3) is 4.16. The molecule has 1 aliphatic heterocycles. The van der Waals surface area contributed by atoms with Crippen LogP contribution in [0.3, 0.4) is 0 Å². The van der Waals surface area contributed by atoms with E-state index in [2.05, 4.69) is 30.6 Å². The van der Waals surface area contributed by atoms with Crippen molar-refractivity contribution in [2.75, 3.05) is 19.3 Å². The smallest absolute Gasteiger partial charge is 0.257 e. The van der Waals surface area contributed by atoms with E-state index < -0.39 is 10.0 Å². The molecular formula is C16H28N4O3S. The van der Waals surface area contributed by atoms with Crippen LogP contribution in [0.4, 0.5) is 0 Å². The monoisotopic (exact) mass is 356 g/mol. The van der Waals surface area contributed by atoms with Crippen LogP contribution < -0.4 is 4.72 Å². The zero-order valence-corrected chi connectivity index (χ0v) is 15.9. The molecular weight excluding hydrogens is 328 g/mol. The van der Waals surface area contributed by atoms with Gasteiger partial charge in [-0.3, -0.25) is 9.48 Å². The zero-order valence-electron chi connectivity index (χ0n) is 15.1. The molecule has 1 aromatic heterocycles. The Kier molecular flexibility index (Phi) is 5.70. The fourth-order valence-electron chi connectivity index (χ4n) is 3.33. The Bertz CT molecular complexity index is 696. The van der Waals surface area contributed by atoms with Crippen molar-refractivity contribution in [1.82, 2.24) is 19.4 Å². The largest absolute Gasteiger partial charge is 0.337 e. The third-order valence-corrected chi connectivity index (χ3v) is 5.37. The number of likely N-dealkylation sites (tertiary alicyclic amines) is 1. The lowest BCUT2D eigenvalue weighted by Gasteiger charge is -2.21.